The zero-order valence-corrected chi connectivity index (χ0v) is 7.99. The first-order valence-corrected chi connectivity index (χ1v) is 4.69. The predicted molar refractivity (Wildman–Crippen MR) is 59.0 cm³/mol. The number of anilines is 1. The van der Waals surface area contributed by atoms with Crippen LogP contribution in [-0.2, 0) is 7.05 Å². The van der Waals surface area contributed by atoms with Gasteiger partial charge in [0.25, 0.3) is 0 Å². The van der Waals surface area contributed by atoms with Crippen LogP contribution in [0.5, 0.6) is 0 Å². The van der Waals surface area contributed by atoms with E-state index in [1.54, 1.807) is 0 Å². The number of hydrogen-bond donors (Lipinski definition) is 1. The summed E-state index contributed by atoms with van der Waals surface area (Å²) in [6.45, 7) is 0.682. The molecule has 0 radical (unpaired) electrons. The summed E-state index contributed by atoms with van der Waals surface area (Å²) < 4.78 is 2.17. The molecule has 3 nitrogen and oxygen atoms in total. The van der Waals surface area contributed by atoms with Gasteiger partial charge in [-0.3, -0.25) is 4.99 Å². The third-order valence-electron chi connectivity index (χ3n) is 2.71. The van der Waals surface area contributed by atoms with Crippen LogP contribution >= 0.6 is 0 Å². The molecule has 1 aliphatic heterocycles. The summed E-state index contributed by atoms with van der Waals surface area (Å²) in [4.78, 5) is 4.22. The van der Waals surface area contributed by atoms with Gasteiger partial charge >= 0.3 is 0 Å². The molecule has 70 valence electrons. The summed E-state index contributed by atoms with van der Waals surface area (Å²) in [5.41, 5.74) is 3.62. The van der Waals surface area contributed by atoms with Gasteiger partial charge in [-0.2, -0.15) is 0 Å². The molecule has 3 heteroatoms. The summed E-state index contributed by atoms with van der Waals surface area (Å²) in [5, 5.41) is 4.58. The molecule has 0 amide bonds. The highest BCUT2D eigenvalue weighted by molar-refractivity contribution is 6.04. The molecule has 14 heavy (non-hydrogen) atoms. The van der Waals surface area contributed by atoms with Crippen molar-refractivity contribution < 1.29 is 0 Å². The van der Waals surface area contributed by atoms with Gasteiger partial charge in [0.15, 0.2) is 0 Å². The lowest BCUT2D eigenvalue weighted by atomic mass is 10.2. The third kappa shape index (κ3) is 0.839. The van der Waals surface area contributed by atoms with Crippen LogP contribution < -0.4 is 5.32 Å². The van der Waals surface area contributed by atoms with E-state index in [0.717, 1.165) is 5.69 Å². The van der Waals surface area contributed by atoms with Gasteiger partial charge in [0.1, 0.15) is 6.67 Å². The van der Waals surface area contributed by atoms with Crippen LogP contribution in [0, 0.1) is 0 Å². The molecule has 0 spiro atoms. The van der Waals surface area contributed by atoms with Gasteiger partial charge < -0.3 is 9.88 Å². The molecule has 1 N–H and O–H groups in total. The van der Waals surface area contributed by atoms with Crippen molar-refractivity contribution in [3.63, 3.8) is 0 Å². The molecule has 0 unspecified atom stereocenters. The van der Waals surface area contributed by atoms with Crippen molar-refractivity contribution in [3.05, 3.63) is 30.0 Å². The molecule has 0 atom stereocenters. The number of aryl methyl sites for hydroxylation is 1. The minimum absolute atomic E-state index is 0.682. The zero-order chi connectivity index (χ0) is 9.54. The highest BCUT2D eigenvalue weighted by Gasteiger charge is 2.14. The van der Waals surface area contributed by atoms with Gasteiger partial charge in [0.2, 0.25) is 0 Å². The Bertz CT molecular complexity index is 523. The number of fused-ring (bicyclic) bond motifs is 3. The smallest absolute Gasteiger partial charge is 0.107 e. The van der Waals surface area contributed by atoms with Crippen molar-refractivity contribution in [2.75, 3.05) is 12.0 Å². The van der Waals surface area contributed by atoms with E-state index in [0.29, 0.717) is 6.67 Å². The number of nitrogens with one attached hydrogen (secondary N) is 1. The maximum Gasteiger partial charge on any atom is 0.107 e. The van der Waals surface area contributed by atoms with Gasteiger partial charge in [-0.05, 0) is 6.07 Å². The van der Waals surface area contributed by atoms with E-state index in [1.807, 2.05) is 6.21 Å². The molecular formula is C11H11N3. The minimum atomic E-state index is 0.682. The maximum absolute atomic E-state index is 4.22. The van der Waals surface area contributed by atoms with Crippen molar-refractivity contribution in [1.29, 1.82) is 0 Å². The summed E-state index contributed by atoms with van der Waals surface area (Å²) in [6.07, 6.45) is 1.94. The number of aliphatic imine (C=N–C) groups is 1. The largest absolute Gasteiger partial charge is 0.364 e. The Kier molecular flexibility index (Phi) is 1.42. The zero-order valence-electron chi connectivity index (χ0n) is 7.99. The quantitative estimate of drug-likeness (QED) is 0.668. The van der Waals surface area contributed by atoms with Crippen LogP contribution in [0.3, 0.4) is 0 Å². The summed E-state index contributed by atoms with van der Waals surface area (Å²) >= 11 is 0. The van der Waals surface area contributed by atoms with Gasteiger partial charge in [-0.25, -0.2) is 0 Å². The van der Waals surface area contributed by atoms with Crippen LogP contribution in [0.1, 0.15) is 5.69 Å². The Labute approximate surface area is 82.1 Å². The fourth-order valence-electron chi connectivity index (χ4n) is 2.01. The molecule has 1 aromatic heterocycles. The molecule has 0 saturated heterocycles. The van der Waals surface area contributed by atoms with Crippen LogP contribution in [0.15, 0.2) is 29.3 Å². The van der Waals surface area contributed by atoms with E-state index in [9.17, 15) is 0 Å². The number of rotatable bonds is 0. The second kappa shape index (κ2) is 2.61. The number of para-hydroxylation sites is 1. The first kappa shape index (κ1) is 7.62. The van der Waals surface area contributed by atoms with E-state index >= 15 is 0 Å². The summed E-state index contributed by atoms with van der Waals surface area (Å²) in [7, 11) is 2.07. The molecule has 0 bridgehead atoms. The average molecular weight is 185 g/mol. The second-order valence-corrected chi connectivity index (χ2v) is 3.48. The van der Waals surface area contributed by atoms with Crippen LogP contribution in [-0.4, -0.2) is 17.5 Å². The van der Waals surface area contributed by atoms with Crippen molar-refractivity contribution in [2.45, 2.75) is 0 Å². The van der Waals surface area contributed by atoms with E-state index in [4.69, 9.17) is 0 Å². The van der Waals surface area contributed by atoms with Gasteiger partial charge in [-0.15, -0.1) is 0 Å². The predicted octanol–water partition coefficient (Wildman–Crippen LogP) is 1.98. The fraction of sp³-hybridized carbons (Fsp3) is 0.182. The Hall–Kier alpha value is -1.77. The Balaban J connectivity index is 2.48. The van der Waals surface area contributed by atoms with Crippen LogP contribution in [0.2, 0.25) is 0 Å². The maximum atomic E-state index is 4.22. The lowest BCUT2D eigenvalue weighted by Gasteiger charge is -2.08. The molecule has 2 aromatic rings. The number of aromatic nitrogens is 1. The van der Waals surface area contributed by atoms with Gasteiger partial charge in [0, 0.05) is 18.6 Å². The molecule has 0 saturated carbocycles. The molecule has 2 heterocycles. The second-order valence-electron chi connectivity index (χ2n) is 3.48. The monoisotopic (exact) mass is 185 g/mol. The molecule has 1 aliphatic rings. The first-order valence-electron chi connectivity index (χ1n) is 4.69. The van der Waals surface area contributed by atoms with E-state index in [2.05, 4.69) is 46.2 Å². The van der Waals surface area contributed by atoms with Gasteiger partial charge in [0.05, 0.1) is 16.9 Å². The topological polar surface area (TPSA) is 29.3 Å². The van der Waals surface area contributed by atoms with E-state index in [1.165, 1.54) is 16.6 Å². The van der Waals surface area contributed by atoms with Gasteiger partial charge in [-0.1, -0.05) is 18.2 Å². The van der Waals surface area contributed by atoms with Crippen molar-refractivity contribution in [3.8, 4) is 0 Å². The van der Waals surface area contributed by atoms with E-state index < -0.39 is 0 Å². The molecule has 3 rings (SSSR count). The highest BCUT2D eigenvalue weighted by atomic mass is 15.1. The number of nitrogens with zero attached hydrogens (tertiary/aromatic N) is 2. The van der Waals surface area contributed by atoms with Crippen molar-refractivity contribution >= 4 is 22.8 Å². The van der Waals surface area contributed by atoms with E-state index in [-0.39, 0.29) is 0 Å². The first-order chi connectivity index (χ1) is 6.88. The Morgan fingerprint density at radius 3 is 3.14 bits per heavy atom. The lowest BCUT2D eigenvalue weighted by Crippen LogP contribution is -2.08. The highest BCUT2D eigenvalue weighted by Crippen LogP contribution is 2.30. The minimum Gasteiger partial charge on any atom is -0.364 e. The third-order valence-corrected chi connectivity index (χ3v) is 2.71. The fourth-order valence-corrected chi connectivity index (χ4v) is 2.01. The normalized spacial score (nSPS) is 14.1. The molecular weight excluding hydrogens is 174 g/mol. The Morgan fingerprint density at radius 1 is 1.36 bits per heavy atom. The van der Waals surface area contributed by atoms with Crippen LogP contribution in [0.25, 0.3) is 10.9 Å². The van der Waals surface area contributed by atoms with Crippen molar-refractivity contribution in [1.82, 2.24) is 4.57 Å². The lowest BCUT2D eigenvalue weighted by molar-refractivity contribution is 0.947. The van der Waals surface area contributed by atoms with Crippen LogP contribution in [0.4, 0.5) is 5.69 Å². The summed E-state index contributed by atoms with van der Waals surface area (Å²) in [5.74, 6) is 0. The molecule has 1 aromatic carbocycles. The molecule has 0 aliphatic carbocycles. The van der Waals surface area contributed by atoms with Crippen molar-refractivity contribution in [2.24, 2.45) is 12.0 Å². The standard InChI is InChI=1S/C11H11N3/c1-14-9-5-3-2-4-8(9)11-10(14)6-12-7-13-11/h2-6,13H,7H2,1H3. The number of benzene rings is 1. The SMILES string of the molecule is Cn1c2c(c3ccccc31)NCN=C2. The summed E-state index contributed by atoms with van der Waals surface area (Å²) in [6, 6.07) is 8.39. The molecule has 0 fully saturated rings. The number of hydrogen-bond acceptors (Lipinski definition) is 2. The Morgan fingerprint density at radius 2 is 2.21 bits per heavy atom. The average Bonchev–Trinajstić information content (AvgIpc) is 2.55.